The van der Waals surface area contributed by atoms with E-state index in [1.165, 1.54) is 130 Å². The quantitative estimate of drug-likeness (QED) is 0.219. The number of allylic oxidation sites excluding steroid dienone is 10. The third-order valence-corrected chi connectivity index (χ3v) is 12.6. The number of unbranched alkanes of at least 4 members (excludes halogenated alkanes) is 9. The van der Waals surface area contributed by atoms with Crippen LogP contribution in [0.25, 0.3) is 22.6 Å². The summed E-state index contributed by atoms with van der Waals surface area (Å²) in [6.45, 7) is 2.30. The van der Waals surface area contributed by atoms with Gasteiger partial charge in [0.2, 0.25) is 0 Å². The van der Waals surface area contributed by atoms with Crippen molar-refractivity contribution in [3.63, 3.8) is 0 Å². The SMILES string of the molecule is CCCCCCCCCCCCc1ccc(C2=CC34C(=CC5=c6cc7c(cc6CC5=C3S2)=CC=C7)C=C2SC=CC=C24)cc1. The first-order valence-corrected chi connectivity index (χ1v) is 18.7. The maximum atomic E-state index is 2.61. The lowest BCUT2D eigenvalue weighted by atomic mass is 9.71. The molecule has 0 saturated heterocycles. The maximum Gasteiger partial charge on any atom is 0.0723 e. The Morgan fingerprint density at radius 1 is 0.795 bits per heavy atom. The minimum atomic E-state index is -0.141. The monoisotopic (exact) mass is 610 g/mol. The summed E-state index contributed by atoms with van der Waals surface area (Å²) in [5.41, 5.74) is 11.4. The summed E-state index contributed by atoms with van der Waals surface area (Å²) >= 11 is 3.91. The number of thioether (sulfide) groups is 2. The van der Waals surface area contributed by atoms with Crippen LogP contribution in [0.1, 0.15) is 93.4 Å². The number of aryl methyl sites for hydroxylation is 1. The first kappa shape index (κ1) is 28.5. The highest BCUT2D eigenvalue weighted by molar-refractivity contribution is 8.12. The van der Waals surface area contributed by atoms with E-state index in [0.717, 1.165) is 6.42 Å². The largest absolute Gasteiger partial charge is 0.0977 e. The van der Waals surface area contributed by atoms with E-state index in [-0.39, 0.29) is 5.41 Å². The molecule has 222 valence electrons. The highest BCUT2D eigenvalue weighted by Gasteiger charge is 2.52. The molecule has 1 atom stereocenters. The van der Waals surface area contributed by atoms with Crippen LogP contribution in [0.2, 0.25) is 0 Å². The molecule has 0 nitrogen and oxygen atoms in total. The van der Waals surface area contributed by atoms with E-state index in [1.807, 2.05) is 23.5 Å². The molecule has 2 heteroatoms. The molecule has 2 aromatic rings. The molecule has 1 unspecified atom stereocenters. The van der Waals surface area contributed by atoms with E-state index in [1.54, 1.807) is 10.5 Å². The predicted octanol–water partition coefficient (Wildman–Crippen LogP) is 10.7. The molecule has 0 amide bonds. The lowest BCUT2D eigenvalue weighted by molar-refractivity contribution is 0.556. The molecule has 0 fully saturated rings. The average Bonchev–Trinajstić information content (AvgIpc) is 3.82. The minimum absolute atomic E-state index is 0.141. The van der Waals surface area contributed by atoms with Gasteiger partial charge in [0, 0.05) is 14.7 Å². The summed E-state index contributed by atoms with van der Waals surface area (Å²) in [6.07, 6.45) is 35.1. The summed E-state index contributed by atoms with van der Waals surface area (Å²) in [5, 5.41) is 5.03. The smallest absolute Gasteiger partial charge is 0.0723 e. The molecule has 0 saturated carbocycles. The lowest BCUT2D eigenvalue weighted by Gasteiger charge is -2.34. The molecule has 0 bridgehead atoms. The zero-order chi connectivity index (χ0) is 29.5. The zero-order valence-electron chi connectivity index (χ0n) is 26.0. The summed E-state index contributed by atoms with van der Waals surface area (Å²) in [6, 6.07) is 14.4. The van der Waals surface area contributed by atoms with Crippen LogP contribution in [0.4, 0.5) is 0 Å². The zero-order valence-corrected chi connectivity index (χ0v) is 27.6. The lowest BCUT2D eigenvalue weighted by Crippen LogP contribution is -2.23. The van der Waals surface area contributed by atoms with Gasteiger partial charge in [-0.3, -0.25) is 0 Å². The van der Waals surface area contributed by atoms with Gasteiger partial charge in [0.15, 0.2) is 0 Å². The topological polar surface area (TPSA) is 0 Å². The Labute approximate surface area is 271 Å². The molecular formula is C42H42S2. The molecule has 0 aromatic heterocycles. The van der Waals surface area contributed by atoms with Crippen LogP contribution in [0.15, 0.2) is 105 Å². The van der Waals surface area contributed by atoms with E-state index in [4.69, 9.17) is 0 Å². The first-order valence-electron chi connectivity index (χ1n) is 17.0. The third-order valence-electron chi connectivity index (χ3n) is 10.4. The molecule has 0 N–H and O–H groups in total. The molecule has 4 aliphatic carbocycles. The summed E-state index contributed by atoms with van der Waals surface area (Å²) in [5.74, 6) is 0. The average molecular weight is 611 g/mol. The molecule has 2 aromatic carbocycles. The van der Waals surface area contributed by atoms with E-state index >= 15 is 0 Å². The van der Waals surface area contributed by atoms with Gasteiger partial charge >= 0.3 is 0 Å². The van der Waals surface area contributed by atoms with Gasteiger partial charge in [0.05, 0.1) is 5.41 Å². The van der Waals surface area contributed by atoms with Gasteiger partial charge in [-0.15, -0.1) is 0 Å². The molecule has 8 rings (SSSR count). The summed E-state index contributed by atoms with van der Waals surface area (Å²) in [4.78, 5) is 4.36. The standard InChI is InChI=1S/C42H42S2/c1-2-3-4-5-6-7-8-9-10-11-14-29-18-20-30(21-19-29)40-28-42-34(27-39-38(42)17-13-22-43-39)26-36-35-24-32-16-12-15-31(32)23-33(35)25-37(36)41(42)44-40/h12-13,15-24,26-28H,2-11,14,25H2,1H3. The normalized spacial score (nSPS) is 21.6. The Balaban J connectivity index is 1.01. The first-order chi connectivity index (χ1) is 21.7. The second-order valence-electron chi connectivity index (χ2n) is 13.2. The van der Waals surface area contributed by atoms with Crippen LogP contribution in [0.5, 0.6) is 0 Å². The van der Waals surface area contributed by atoms with Crippen molar-refractivity contribution < 1.29 is 0 Å². The maximum absolute atomic E-state index is 2.61. The highest BCUT2D eigenvalue weighted by atomic mass is 32.2. The fourth-order valence-electron chi connectivity index (χ4n) is 7.98. The van der Waals surface area contributed by atoms with Gasteiger partial charge in [-0.25, -0.2) is 0 Å². The fourth-order valence-corrected chi connectivity index (χ4v) is 10.3. The van der Waals surface area contributed by atoms with E-state index in [0.29, 0.717) is 0 Å². The molecular weight excluding hydrogens is 569 g/mol. The Hall–Kier alpha value is -2.94. The Morgan fingerprint density at radius 2 is 1.59 bits per heavy atom. The van der Waals surface area contributed by atoms with Crippen LogP contribution in [0, 0.1) is 5.41 Å². The van der Waals surface area contributed by atoms with Crippen LogP contribution in [0.3, 0.4) is 0 Å². The Morgan fingerprint density at radius 3 is 2.41 bits per heavy atom. The van der Waals surface area contributed by atoms with Crippen molar-refractivity contribution in [1.29, 1.82) is 0 Å². The van der Waals surface area contributed by atoms with Crippen molar-refractivity contribution in [3.8, 4) is 0 Å². The fraction of sp³-hybridized carbons (Fsp3) is 0.333. The molecule has 2 heterocycles. The van der Waals surface area contributed by atoms with Gasteiger partial charge in [0.1, 0.15) is 0 Å². The minimum Gasteiger partial charge on any atom is -0.0977 e. The van der Waals surface area contributed by atoms with Gasteiger partial charge in [-0.1, -0.05) is 155 Å². The van der Waals surface area contributed by atoms with Crippen molar-refractivity contribution in [2.45, 2.75) is 84.0 Å². The Bertz CT molecular complexity index is 1850. The molecule has 6 aliphatic rings. The second kappa shape index (κ2) is 12.1. The number of benzene rings is 2. The summed E-state index contributed by atoms with van der Waals surface area (Å²) < 4.78 is 0. The van der Waals surface area contributed by atoms with E-state index in [2.05, 4.69) is 97.3 Å². The van der Waals surface area contributed by atoms with Crippen LogP contribution >= 0.6 is 23.5 Å². The third kappa shape index (κ3) is 4.94. The van der Waals surface area contributed by atoms with E-state index < -0.39 is 0 Å². The number of hydrogen-bond donors (Lipinski definition) is 0. The number of hydrogen-bond acceptors (Lipinski definition) is 2. The van der Waals surface area contributed by atoms with Gasteiger partial charge < -0.3 is 0 Å². The Kier molecular flexibility index (Phi) is 7.85. The predicted molar refractivity (Wildman–Crippen MR) is 194 cm³/mol. The van der Waals surface area contributed by atoms with Crippen molar-refractivity contribution in [2.24, 2.45) is 5.41 Å². The number of rotatable bonds is 12. The second-order valence-corrected chi connectivity index (χ2v) is 15.2. The van der Waals surface area contributed by atoms with Crippen molar-refractivity contribution in [1.82, 2.24) is 0 Å². The van der Waals surface area contributed by atoms with Crippen LogP contribution in [-0.2, 0) is 12.8 Å². The molecule has 2 aliphatic heterocycles. The van der Waals surface area contributed by atoms with E-state index in [9.17, 15) is 0 Å². The van der Waals surface area contributed by atoms with Crippen LogP contribution < -0.4 is 10.4 Å². The molecule has 0 radical (unpaired) electrons. The van der Waals surface area contributed by atoms with Gasteiger partial charge in [-0.05, 0) is 97.9 Å². The molecule has 44 heavy (non-hydrogen) atoms. The summed E-state index contributed by atoms with van der Waals surface area (Å²) in [7, 11) is 0. The van der Waals surface area contributed by atoms with Crippen molar-refractivity contribution in [3.05, 3.63) is 137 Å². The van der Waals surface area contributed by atoms with Gasteiger partial charge in [-0.2, -0.15) is 0 Å². The van der Waals surface area contributed by atoms with Gasteiger partial charge in [0.25, 0.3) is 0 Å². The van der Waals surface area contributed by atoms with Crippen molar-refractivity contribution >= 4 is 46.2 Å². The highest BCUT2D eigenvalue weighted by Crippen LogP contribution is 2.68. The number of fused-ring (bicyclic) bond motifs is 4. The van der Waals surface area contributed by atoms with Crippen LogP contribution in [-0.4, -0.2) is 0 Å². The molecule has 1 spiro atoms. The van der Waals surface area contributed by atoms with Crippen molar-refractivity contribution in [2.75, 3.05) is 0 Å².